The minimum absolute atomic E-state index is 0.823. The molecule has 1 aliphatic rings. The van der Waals surface area contributed by atoms with Crippen LogP contribution in [0.2, 0.25) is 0 Å². The van der Waals surface area contributed by atoms with Crippen molar-refractivity contribution in [2.45, 2.75) is 33.2 Å². The molecule has 4 nitrogen and oxygen atoms in total. The fourth-order valence-corrected chi connectivity index (χ4v) is 4.23. The monoisotopic (exact) mass is 404 g/mol. The Bertz CT molecular complexity index is 952. The smallest absolute Gasteiger partial charge is 0.119 e. The van der Waals surface area contributed by atoms with Crippen molar-refractivity contribution in [3.8, 4) is 22.7 Å². The first-order valence-electron chi connectivity index (χ1n) is 10.9. The van der Waals surface area contributed by atoms with Crippen LogP contribution in [0.1, 0.15) is 30.2 Å². The molecular formula is C26H32N2O2. The highest BCUT2D eigenvalue weighted by molar-refractivity contribution is 5.66. The van der Waals surface area contributed by atoms with Crippen molar-refractivity contribution in [2.75, 3.05) is 33.4 Å². The number of nitrogens with zero attached hydrogens (tertiary/aromatic N) is 2. The van der Waals surface area contributed by atoms with Crippen LogP contribution in [0.15, 0.2) is 54.6 Å². The second-order valence-electron chi connectivity index (χ2n) is 8.01. The molecular weight excluding hydrogens is 372 g/mol. The van der Waals surface area contributed by atoms with Crippen molar-refractivity contribution in [1.29, 1.82) is 0 Å². The number of benzene rings is 2. The lowest BCUT2D eigenvalue weighted by atomic mass is 10.1. The Labute approximate surface area is 180 Å². The average molecular weight is 405 g/mol. The van der Waals surface area contributed by atoms with Crippen LogP contribution in [0, 0.1) is 6.92 Å². The number of hydrogen-bond acceptors (Lipinski definition) is 3. The molecule has 0 spiro atoms. The molecule has 158 valence electrons. The summed E-state index contributed by atoms with van der Waals surface area (Å²) in [6.45, 7) is 9.05. The summed E-state index contributed by atoms with van der Waals surface area (Å²) in [6.07, 6.45) is 2.30. The van der Waals surface area contributed by atoms with E-state index in [0.29, 0.717) is 0 Å². The molecule has 0 aliphatic carbocycles. The second kappa shape index (κ2) is 9.50. The largest absolute Gasteiger partial charge is 0.497 e. The van der Waals surface area contributed by atoms with Gasteiger partial charge in [-0.3, -0.25) is 4.90 Å². The van der Waals surface area contributed by atoms with E-state index in [-0.39, 0.29) is 0 Å². The standard InChI is InChI=1S/C26H32N2O2/c1-4-5-21-6-8-22(9-7-21)26-18-23(19-27-14-16-30-17-15-27)20(2)28(26)24-10-12-25(29-3)13-11-24/h6-13,18H,4-5,14-17,19H2,1-3H3. The minimum Gasteiger partial charge on any atom is -0.497 e. The summed E-state index contributed by atoms with van der Waals surface area (Å²) in [5.74, 6) is 0.877. The normalized spacial score (nSPS) is 14.8. The number of rotatable bonds is 7. The first-order valence-corrected chi connectivity index (χ1v) is 10.9. The maximum Gasteiger partial charge on any atom is 0.119 e. The van der Waals surface area contributed by atoms with E-state index in [1.807, 2.05) is 12.1 Å². The van der Waals surface area contributed by atoms with Gasteiger partial charge in [-0.25, -0.2) is 0 Å². The molecule has 0 unspecified atom stereocenters. The van der Waals surface area contributed by atoms with Gasteiger partial charge in [-0.05, 0) is 60.4 Å². The highest BCUT2D eigenvalue weighted by Gasteiger charge is 2.18. The van der Waals surface area contributed by atoms with E-state index < -0.39 is 0 Å². The maximum atomic E-state index is 5.53. The van der Waals surface area contributed by atoms with E-state index in [4.69, 9.17) is 9.47 Å². The zero-order valence-corrected chi connectivity index (χ0v) is 18.4. The molecule has 1 fully saturated rings. The molecule has 30 heavy (non-hydrogen) atoms. The van der Waals surface area contributed by atoms with Crippen LogP contribution in [0.4, 0.5) is 0 Å². The van der Waals surface area contributed by atoms with Gasteiger partial charge in [0.15, 0.2) is 0 Å². The molecule has 0 radical (unpaired) electrons. The topological polar surface area (TPSA) is 26.6 Å². The second-order valence-corrected chi connectivity index (χ2v) is 8.01. The molecule has 2 heterocycles. The lowest BCUT2D eigenvalue weighted by Gasteiger charge is -2.26. The van der Waals surface area contributed by atoms with Crippen LogP contribution >= 0.6 is 0 Å². The molecule has 1 saturated heterocycles. The number of aryl methyl sites for hydroxylation is 1. The average Bonchev–Trinajstić information content (AvgIpc) is 3.11. The number of hydrogen-bond donors (Lipinski definition) is 0. The fourth-order valence-electron chi connectivity index (χ4n) is 4.23. The van der Waals surface area contributed by atoms with Crippen molar-refractivity contribution in [2.24, 2.45) is 0 Å². The van der Waals surface area contributed by atoms with E-state index in [0.717, 1.165) is 50.7 Å². The minimum atomic E-state index is 0.823. The van der Waals surface area contributed by atoms with Gasteiger partial charge >= 0.3 is 0 Å². The van der Waals surface area contributed by atoms with E-state index in [1.54, 1.807) is 7.11 Å². The van der Waals surface area contributed by atoms with Crippen molar-refractivity contribution >= 4 is 0 Å². The lowest BCUT2D eigenvalue weighted by molar-refractivity contribution is 0.0341. The number of morpholine rings is 1. The number of methoxy groups -OCH3 is 1. The van der Waals surface area contributed by atoms with Gasteiger partial charge in [-0.15, -0.1) is 0 Å². The summed E-state index contributed by atoms with van der Waals surface area (Å²) in [7, 11) is 1.71. The van der Waals surface area contributed by atoms with Crippen molar-refractivity contribution in [3.05, 3.63) is 71.4 Å². The summed E-state index contributed by atoms with van der Waals surface area (Å²) in [5.41, 5.74) is 7.72. The fraction of sp³-hybridized carbons (Fsp3) is 0.385. The Kier molecular flexibility index (Phi) is 6.56. The van der Waals surface area contributed by atoms with E-state index in [2.05, 4.69) is 65.8 Å². The molecule has 4 heteroatoms. The van der Waals surface area contributed by atoms with E-state index >= 15 is 0 Å². The van der Waals surface area contributed by atoms with Crippen LogP contribution in [-0.2, 0) is 17.7 Å². The van der Waals surface area contributed by atoms with Gasteiger partial charge in [0.05, 0.1) is 26.0 Å². The van der Waals surface area contributed by atoms with Gasteiger partial charge in [0, 0.05) is 31.0 Å². The molecule has 1 aromatic heterocycles. The Morgan fingerprint density at radius 1 is 0.967 bits per heavy atom. The number of ether oxygens (including phenoxy) is 2. The highest BCUT2D eigenvalue weighted by atomic mass is 16.5. The maximum absolute atomic E-state index is 5.53. The third-order valence-electron chi connectivity index (χ3n) is 5.97. The first-order chi connectivity index (χ1) is 14.7. The molecule has 0 N–H and O–H groups in total. The van der Waals surface area contributed by atoms with Crippen molar-refractivity contribution in [3.63, 3.8) is 0 Å². The third-order valence-corrected chi connectivity index (χ3v) is 5.97. The van der Waals surface area contributed by atoms with E-state index in [9.17, 15) is 0 Å². The van der Waals surface area contributed by atoms with Gasteiger partial charge < -0.3 is 14.0 Å². The molecule has 0 bridgehead atoms. The Morgan fingerprint density at radius 3 is 2.30 bits per heavy atom. The zero-order chi connectivity index (χ0) is 20.9. The quantitative estimate of drug-likeness (QED) is 0.538. The summed E-state index contributed by atoms with van der Waals surface area (Å²) in [6, 6.07) is 19.8. The van der Waals surface area contributed by atoms with Crippen LogP contribution < -0.4 is 4.74 Å². The molecule has 0 amide bonds. The Morgan fingerprint density at radius 2 is 1.67 bits per heavy atom. The SMILES string of the molecule is CCCc1ccc(-c2cc(CN3CCOCC3)c(C)n2-c2ccc(OC)cc2)cc1. The molecule has 0 atom stereocenters. The van der Waals surface area contributed by atoms with Crippen LogP contribution in [0.3, 0.4) is 0 Å². The molecule has 3 aromatic rings. The predicted molar refractivity (Wildman–Crippen MR) is 123 cm³/mol. The molecule has 2 aromatic carbocycles. The molecule has 4 rings (SSSR count). The molecule has 1 aliphatic heterocycles. The number of aromatic nitrogens is 1. The summed E-state index contributed by atoms with van der Waals surface area (Å²) in [5, 5.41) is 0. The first kappa shape index (κ1) is 20.7. The Hall–Kier alpha value is -2.56. The van der Waals surface area contributed by atoms with Gasteiger partial charge in [-0.2, -0.15) is 0 Å². The zero-order valence-electron chi connectivity index (χ0n) is 18.4. The third kappa shape index (κ3) is 4.45. The van der Waals surface area contributed by atoms with Gasteiger partial charge in [0.25, 0.3) is 0 Å². The summed E-state index contributed by atoms with van der Waals surface area (Å²) < 4.78 is 13.3. The Balaban J connectivity index is 1.74. The van der Waals surface area contributed by atoms with Gasteiger partial charge in [0.2, 0.25) is 0 Å². The lowest BCUT2D eigenvalue weighted by Crippen LogP contribution is -2.35. The summed E-state index contributed by atoms with van der Waals surface area (Å²) >= 11 is 0. The van der Waals surface area contributed by atoms with Crippen LogP contribution in [0.5, 0.6) is 5.75 Å². The molecule has 0 saturated carbocycles. The highest BCUT2D eigenvalue weighted by Crippen LogP contribution is 2.31. The van der Waals surface area contributed by atoms with Crippen molar-refractivity contribution in [1.82, 2.24) is 9.47 Å². The van der Waals surface area contributed by atoms with Crippen LogP contribution in [-0.4, -0.2) is 42.9 Å². The van der Waals surface area contributed by atoms with Gasteiger partial charge in [-0.1, -0.05) is 37.6 Å². The van der Waals surface area contributed by atoms with E-state index in [1.165, 1.54) is 34.5 Å². The predicted octanol–water partition coefficient (Wildman–Crippen LogP) is 5.25. The van der Waals surface area contributed by atoms with Crippen LogP contribution in [0.25, 0.3) is 16.9 Å². The van der Waals surface area contributed by atoms with Crippen molar-refractivity contribution < 1.29 is 9.47 Å². The van der Waals surface area contributed by atoms with Gasteiger partial charge in [0.1, 0.15) is 5.75 Å². The summed E-state index contributed by atoms with van der Waals surface area (Å²) in [4.78, 5) is 2.48.